The van der Waals surface area contributed by atoms with E-state index in [0.29, 0.717) is 11.5 Å². The summed E-state index contributed by atoms with van der Waals surface area (Å²) in [6.45, 7) is 3.35. The molecule has 108 valence electrons. The third-order valence-corrected chi connectivity index (χ3v) is 6.44. The lowest BCUT2D eigenvalue weighted by atomic mass is 9.49. The lowest BCUT2D eigenvalue weighted by molar-refractivity contribution is -0.0771. The first-order chi connectivity index (χ1) is 9.31. The van der Waals surface area contributed by atoms with E-state index in [4.69, 9.17) is 4.74 Å². The average Bonchev–Trinajstić information content (AvgIpc) is 2.38. The van der Waals surface area contributed by atoms with Gasteiger partial charge in [0, 0.05) is 6.61 Å². The summed E-state index contributed by atoms with van der Waals surface area (Å²) in [7, 11) is 0. The maximum Gasteiger partial charge on any atom is 0.0599 e. The van der Waals surface area contributed by atoms with Gasteiger partial charge in [0.15, 0.2) is 0 Å². The highest BCUT2D eigenvalue weighted by molar-refractivity contribution is 5.01. The highest BCUT2D eigenvalue weighted by Gasteiger charge is 2.50. The zero-order chi connectivity index (χ0) is 12.7. The molecule has 1 aliphatic heterocycles. The summed E-state index contributed by atoms with van der Waals surface area (Å²) in [6, 6.07) is 0. The van der Waals surface area contributed by atoms with Crippen LogP contribution in [0.25, 0.3) is 0 Å². The average molecular weight is 263 g/mol. The Labute approximate surface area is 117 Å². The smallest absolute Gasteiger partial charge is 0.0599 e. The van der Waals surface area contributed by atoms with Crippen LogP contribution in [-0.2, 0) is 4.74 Å². The Balaban J connectivity index is 1.30. The summed E-state index contributed by atoms with van der Waals surface area (Å²) >= 11 is 0. The van der Waals surface area contributed by atoms with Crippen molar-refractivity contribution in [1.82, 2.24) is 5.32 Å². The molecule has 1 heterocycles. The van der Waals surface area contributed by atoms with Gasteiger partial charge in [-0.15, -0.1) is 0 Å². The number of rotatable bonds is 4. The third-order valence-electron chi connectivity index (χ3n) is 6.44. The van der Waals surface area contributed by atoms with Crippen LogP contribution in [0.3, 0.4) is 0 Å². The van der Waals surface area contributed by atoms with Gasteiger partial charge in [-0.05, 0) is 94.0 Å². The van der Waals surface area contributed by atoms with E-state index in [1.54, 1.807) is 19.3 Å². The molecule has 2 heteroatoms. The Morgan fingerprint density at radius 1 is 0.895 bits per heavy atom. The fraction of sp³-hybridized carbons (Fsp3) is 1.00. The molecule has 0 spiro atoms. The van der Waals surface area contributed by atoms with E-state index in [9.17, 15) is 0 Å². The molecular formula is C17H29NO. The lowest BCUT2D eigenvalue weighted by Crippen LogP contribution is -2.46. The van der Waals surface area contributed by atoms with Gasteiger partial charge in [-0.1, -0.05) is 0 Å². The first-order valence-corrected chi connectivity index (χ1v) is 8.64. The van der Waals surface area contributed by atoms with Crippen LogP contribution in [0.2, 0.25) is 0 Å². The van der Waals surface area contributed by atoms with E-state index >= 15 is 0 Å². The van der Waals surface area contributed by atoms with Gasteiger partial charge in [0.2, 0.25) is 0 Å². The largest absolute Gasteiger partial charge is 0.378 e. The van der Waals surface area contributed by atoms with E-state index in [1.807, 2.05) is 0 Å². The molecule has 4 bridgehead atoms. The molecular weight excluding hydrogens is 234 g/mol. The van der Waals surface area contributed by atoms with Gasteiger partial charge in [-0.25, -0.2) is 0 Å². The zero-order valence-electron chi connectivity index (χ0n) is 12.2. The molecule has 5 rings (SSSR count). The van der Waals surface area contributed by atoms with Crippen LogP contribution < -0.4 is 5.32 Å². The standard InChI is InChI=1S/C17H29NO/c1-4-18-5-2-16(1)19-6-3-17-10-13-7-14(11-17)9-15(8-13)12-17/h13-16,18H,1-12H2. The van der Waals surface area contributed by atoms with Gasteiger partial charge in [-0.3, -0.25) is 0 Å². The molecule has 4 saturated carbocycles. The zero-order valence-corrected chi connectivity index (χ0v) is 12.2. The summed E-state index contributed by atoms with van der Waals surface area (Å²) in [6.07, 6.45) is 13.7. The fourth-order valence-electron chi connectivity index (χ4n) is 6.00. The molecule has 1 saturated heterocycles. The predicted molar refractivity (Wildman–Crippen MR) is 77.1 cm³/mol. The highest BCUT2D eigenvalue weighted by Crippen LogP contribution is 2.61. The molecule has 0 radical (unpaired) electrons. The van der Waals surface area contributed by atoms with Crippen LogP contribution in [0.15, 0.2) is 0 Å². The van der Waals surface area contributed by atoms with Crippen molar-refractivity contribution in [1.29, 1.82) is 0 Å². The second-order valence-electron chi connectivity index (χ2n) is 7.99. The van der Waals surface area contributed by atoms with Crippen LogP contribution in [0.1, 0.15) is 57.8 Å². The molecule has 0 aromatic heterocycles. The number of nitrogens with one attached hydrogen (secondary N) is 1. The van der Waals surface area contributed by atoms with Gasteiger partial charge in [0.1, 0.15) is 0 Å². The molecule has 5 fully saturated rings. The third kappa shape index (κ3) is 2.58. The van der Waals surface area contributed by atoms with E-state index in [1.165, 1.54) is 38.5 Å². The first-order valence-electron chi connectivity index (χ1n) is 8.64. The molecule has 2 nitrogen and oxygen atoms in total. The Bertz CT molecular complexity index is 286. The van der Waals surface area contributed by atoms with Gasteiger partial charge >= 0.3 is 0 Å². The second kappa shape index (κ2) is 5.04. The second-order valence-corrected chi connectivity index (χ2v) is 7.99. The summed E-state index contributed by atoms with van der Waals surface area (Å²) < 4.78 is 6.18. The minimum atomic E-state index is 0.551. The Morgan fingerprint density at radius 2 is 1.47 bits per heavy atom. The van der Waals surface area contributed by atoms with E-state index in [0.717, 1.165) is 37.5 Å². The molecule has 5 aliphatic rings. The van der Waals surface area contributed by atoms with Crippen molar-refractivity contribution in [3.63, 3.8) is 0 Å². The van der Waals surface area contributed by atoms with Crippen molar-refractivity contribution < 1.29 is 4.74 Å². The van der Waals surface area contributed by atoms with Gasteiger partial charge < -0.3 is 10.1 Å². The predicted octanol–water partition coefficient (Wildman–Crippen LogP) is 3.36. The summed E-state index contributed by atoms with van der Waals surface area (Å²) in [5, 5.41) is 3.42. The molecule has 0 amide bonds. The van der Waals surface area contributed by atoms with Crippen molar-refractivity contribution >= 4 is 0 Å². The van der Waals surface area contributed by atoms with Crippen molar-refractivity contribution in [3.8, 4) is 0 Å². The van der Waals surface area contributed by atoms with Crippen LogP contribution in [-0.4, -0.2) is 25.8 Å². The van der Waals surface area contributed by atoms with Gasteiger partial charge in [0.05, 0.1) is 6.10 Å². The van der Waals surface area contributed by atoms with Crippen molar-refractivity contribution in [3.05, 3.63) is 0 Å². The molecule has 0 aromatic rings. The number of piperidine rings is 1. The SMILES string of the molecule is C1CC(OCCC23CC4CC(CC(C4)C2)C3)CCN1. The van der Waals surface area contributed by atoms with Crippen molar-refractivity contribution in [2.75, 3.05) is 19.7 Å². The Hall–Kier alpha value is -0.0800. The maximum absolute atomic E-state index is 6.18. The van der Waals surface area contributed by atoms with Crippen LogP contribution in [0.4, 0.5) is 0 Å². The minimum absolute atomic E-state index is 0.551. The topological polar surface area (TPSA) is 21.3 Å². The summed E-state index contributed by atoms with van der Waals surface area (Å²) in [5.74, 6) is 3.26. The lowest BCUT2D eigenvalue weighted by Gasteiger charge is -2.57. The first kappa shape index (κ1) is 12.6. The van der Waals surface area contributed by atoms with E-state index < -0.39 is 0 Å². The quantitative estimate of drug-likeness (QED) is 0.840. The van der Waals surface area contributed by atoms with E-state index in [-0.39, 0.29) is 0 Å². The minimum Gasteiger partial charge on any atom is -0.378 e. The number of hydrogen-bond acceptors (Lipinski definition) is 2. The molecule has 1 N–H and O–H groups in total. The molecule has 19 heavy (non-hydrogen) atoms. The maximum atomic E-state index is 6.18. The monoisotopic (exact) mass is 263 g/mol. The van der Waals surface area contributed by atoms with Crippen molar-refractivity contribution in [2.24, 2.45) is 23.2 Å². The molecule has 0 atom stereocenters. The van der Waals surface area contributed by atoms with Crippen molar-refractivity contribution in [2.45, 2.75) is 63.9 Å². The highest BCUT2D eigenvalue weighted by atomic mass is 16.5. The number of hydrogen-bond donors (Lipinski definition) is 1. The fourth-order valence-corrected chi connectivity index (χ4v) is 6.00. The normalized spacial score (nSPS) is 45.8. The molecule has 0 aromatic carbocycles. The summed E-state index contributed by atoms with van der Waals surface area (Å²) in [5.41, 5.74) is 0.710. The number of ether oxygens (including phenoxy) is 1. The van der Waals surface area contributed by atoms with Crippen LogP contribution in [0, 0.1) is 23.2 Å². The molecule has 4 aliphatic carbocycles. The molecule has 0 unspecified atom stereocenters. The van der Waals surface area contributed by atoms with Crippen LogP contribution >= 0.6 is 0 Å². The van der Waals surface area contributed by atoms with Crippen LogP contribution in [0.5, 0.6) is 0 Å². The van der Waals surface area contributed by atoms with Gasteiger partial charge in [0.25, 0.3) is 0 Å². The van der Waals surface area contributed by atoms with Gasteiger partial charge in [-0.2, -0.15) is 0 Å². The Kier molecular flexibility index (Phi) is 3.35. The summed E-state index contributed by atoms with van der Waals surface area (Å²) in [4.78, 5) is 0. The Morgan fingerprint density at radius 3 is 2.05 bits per heavy atom. The van der Waals surface area contributed by atoms with E-state index in [2.05, 4.69) is 5.32 Å².